The Morgan fingerprint density at radius 3 is 1.91 bits per heavy atom. The van der Waals surface area contributed by atoms with Gasteiger partial charge in [0.2, 0.25) is 0 Å². The van der Waals surface area contributed by atoms with E-state index < -0.39 is 5.09 Å². The number of hydrogen-bond donors (Lipinski definition) is 0. The highest BCUT2D eigenvalue weighted by molar-refractivity contribution is 5.32. The van der Waals surface area contributed by atoms with E-state index in [2.05, 4.69) is 75.3 Å². The molecule has 3 aromatic rings. The minimum absolute atomic E-state index is 0.0774. The fraction of sp³-hybridized carbons (Fsp3) is 0.308. The Balaban J connectivity index is 1.31. The normalized spacial score (nSPS) is 14.8. The molecule has 4 rings (SSSR count). The van der Waals surface area contributed by atoms with Crippen LogP contribution in [0.15, 0.2) is 84.9 Å². The van der Waals surface area contributed by atoms with E-state index in [-0.39, 0.29) is 19.3 Å². The van der Waals surface area contributed by atoms with Crippen LogP contribution in [-0.4, -0.2) is 54.3 Å². The van der Waals surface area contributed by atoms with E-state index in [1.165, 1.54) is 16.7 Å². The van der Waals surface area contributed by atoms with E-state index in [0.29, 0.717) is 5.75 Å². The highest BCUT2D eigenvalue weighted by Crippen LogP contribution is 2.29. The van der Waals surface area contributed by atoms with Crippen LogP contribution in [0.5, 0.6) is 5.75 Å². The molecule has 1 fully saturated rings. The Morgan fingerprint density at radius 2 is 1.36 bits per heavy atom. The van der Waals surface area contributed by atoms with Gasteiger partial charge in [-0.25, -0.2) is 0 Å². The van der Waals surface area contributed by atoms with Crippen LogP contribution in [0.1, 0.15) is 22.7 Å². The van der Waals surface area contributed by atoms with Crippen LogP contribution in [0.4, 0.5) is 0 Å². The van der Waals surface area contributed by atoms with Gasteiger partial charge < -0.3 is 9.57 Å². The maximum Gasteiger partial charge on any atom is 0.294 e. The molecule has 1 saturated heterocycles. The summed E-state index contributed by atoms with van der Waals surface area (Å²) in [6.07, 6.45) is 0. The molecule has 0 bridgehead atoms. The van der Waals surface area contributed by atoms with Gasteiger partial charge in [-0.05, 0) is 28.8 Å². The lowest BCUT2D eigenvalue weighted by Gasteiger charge is -2.39. The van der Waals surface area contributed by atoms with Gasteiger partial charge in [-0.1, -0.05) is 72.8 Å². The van der Waals surface area contributed by atoms with Crippen LogP contribution in [0.2, 0.25) is 0 Å². The summed E-state index contributed by atoms with van der Waals surface area (Å²) in [6.45, 7) is 4.98. The SMILES string of the molecule is O=[N+]([O-])OCCOc1ccc(CN2CCN(C(c3ccccc3)c3ccccc3)CC2)cc1. The van der Waals surface area contributed by atoms with E-state index in [1.807, 2.05) is 24.3 Å². The second kappa shape index (κ2) is 11.4. The fourth-order valence-corrected chi connectivity index (χ4v) is 4.29. The largest absolute Gasteiger partial charge is 0.492 e. The molecule has 0 spiro atoms. The summed E-state index contributed by atoms with van der Waals surface area (Å²) >= 11 is 0. The van der Waals surface area contributed by atoms with E-state index >= 15 is 0 Å². The highest BCUT2D eigenvalue weighted by Gasteiger charge is 2.26. The molecular weight excluding hydrogens is 418 g/mol. The predicted octanol–water partition coefficient (Wildman–Crippen LogP) is 4.18. The summed E-state index contributed by atoms with van der Waals surface area (Å²) in [5.74, 6) is 0.684. The Kier molecular flexibility index (Phi) is 7.90. The molecule has 1 aliphatic rings. The third kappa shape index (κ3) is 6.54. The van der Waals surface area contributed by atoms with E-state index in [0.717, 1.165) is 32.7 Å². The second-order valence-corrected chi connectivity index (χ2v) is 8.09. The summed E-state index contributed by atoms with van der Waals surface area (Å²) in [7, 11) is 0. The zero-order valence-corrected chi connectivity index (χ0v) is 18.6. The molecule has 7 nitrogen and oxygen atoms in total. The van der Waals surface area contributed by atoms with E-state index in [9.17, 15) is 10.1 Å². The van der Waals surface area contributed by atoms with Crippen LogP contribution < -0.4 is 4.74 Å². The zero-order chi connectivity index (χ0) is 22.9. The van der Waals surface area contributed by atoms with Gasteiger partial charge >= 0.3 is 0 Å². The van der Waals surface area contributed by atoms with Gasteiger partial charge in [-0.3, -0.25) is 9.80 Å². The number of piperazine rings is 1. The van der Waals surface area contributed by atoms with Crippen molar-refractivity contribution in [2.45, 2.75) is 12.6 Å². The standard InChI is InChI=1S/C26H29N3O4/c30-29(31)33-20-19-32-25-13-11-22(12-14-25)21-27-15-17-28(18-16-27)26(23-7-3-1-4-8-23)24-9-5-2-6-10-24/h1-14,26H,15-21H2. The van der Waals surface area contributed by atoms with Crippen LogP contribution in [0, 0.1) is 10.1 Å². The summed E-state index contributed by atoms with van der Waals surface area (Å²) in [5, 5.41) is 9.36. The number of hydrogen-bond acceptors (Lipinski definition) is 6. The molecule has 1 aliphatic heterocycles. The average Bonchev–Trinajstić information content (AvgIpc) is 2.85. The predicted molar refractivity (Wildman–Crippen MR) is 126 cm³/mol. The third-order valence-electron chi connectivity index (χ3n) is 5.88. The Bertz CT molecular complexity index is 952. The smallest absolute Gasteiger partial charge is 0.294 e. The second-order valence-electron chi connectivity index (χ2n) is 8.09. The number of nitrogens with zero attached hydrogens (tertiary/aromatic N) is 3. The Hall–Kier alpha value is -3.42. The molecule has 0 unspecified atom stereocenters. The Labute approximate surface area is 194 Å². The molecule has 7 heteroatoms. The monoisotopic (exact) mass is 447 g/mol. The van der Waals surface area contributed by atoms with Crippen molar-refractivity contribution in [1.29, 1.82) is 0 Å². The van der Waals surface area contributed by atoms with Crippen LogP contribution >= 0.6 is 0 Å². The summed E-state index contributed by atoms with van der Waals surface area (Å²) in [5.41, 5.74) is 3.88. The quantitative estimate of drug-likeness (QED) is 0.264. The molecule has 33 heavy (non-hydrogen) atoms. The number of benzene rings is 3. The first-order valence-electron chi connectivity index (χ1n) is 11.2. The van der Waals surface area contributed by atoms with Gasteiger partial charge in [0.05, 0.1) is 6.04 Å². The molecule has 0 atom stereocenters. The van der Waals surface area contributed by atoms with Crippen molar-refractivity contribution in [2.75, 3.05) is 39.4 Å². The topological polar surface area (TPSA) is 68.1 Å². The van der Waals surface area contributed by atoms with Crippen molar-refractivity contribution in [1.82, 2.24) is 9.80 Å². The molecule has 1 heterocycles. The lowest BCUT2D eigenvalue weighted by Crippen LogP contribution is -2.47. The fourth-order valence-electron chi connectivity index (χ4n) is 4.29. The van der Waals surface area contributed by atoms with Crippen molar-refractivity contribution in [3.63, 3.8) is 0 Å². The third-order valence-corrected chi connectivity index (χ3v) is 5.88. The molecule has 172 valence electrons. The first-order chi connectivity index (χ1) is 16.2. The molecular formula is C26H29N3O4. The lowest BCUT2D eigenvalue weighted by molar-refractivity contribution is -0.757. The van der Waals surface area contributed by atoms with Gasteiger partial charge in [-0.2, -0.15) is 0 Å². The van der Waals surface area contributed by atoms with Crippen molar-refractivity contribution >= 4 is 0 Å². The minimum Gasteiger partial charge on any atom is -0.492 e. The van der Waals surface area contributed by atoms with Crippen LogP contribution in [0.3, 0.4) is 0 Å². The molecule has 0 saturated carbocycles. The zero-order valence-electron chi connectivity index (χ0n) is 18.6. The molecule has 0 N–H and O–H groups in total. The van der Waals surface area contributed by atoms with Gasteiger partial charge in [0.25, 0.3) is 5.09 Å². The van der Waals surface area contributed by atoms with E-state index in [1.54, 1.807) is 0 Å². The molecule has 0 aliphatic carbocycles. The van der Waals surface area contributed by atoms with Gasteiger partial charge in [0.15, 0.2) is 0 Å². The first kappa shape index (κ1) is 22.8. The first-order valence-corrected chi connectivity index (χ1v) is 11.2. The van der Waals surface area contributed by atoms with Gasteiger partial charge in [-0.15, -0.1) is 10.1 Å². The van der Waals surface area contributed by atoms with Crippen LogP contribution in [-0.2, 0) is 11.4 Å². The van der Waals surface area contributed by atoms with Gasteiger partial charge in [0, 0.05) is 32.7 Å². The summed E-state index contributed by atoms with van der Waals surface area (Å²) in [6, 6.07) is 29.6. The van der Waals surface area contributed by atoms with Crippen LogP contribution in [0.25, 0.3) is 0 Å². The Morgan fingerprint density at radius 1 is 0.788 bits per heavy atom. The van der Waals surface area contributed by atoms with Crippen molar-refractivity contribution < 1.29 is 14.7 Å². The highest BCUT2D eigenvalue weighted by atomic mass is 17.0. The summed E-state index contributed by atoms with van der Waals surface area (Å²) in [4.78, 5) is 19.5. The van der Waals surface area contributed by atoms with Crippen molar-refractivity contribution in [3.8, 4) is 5.75 Å². The maximum absolute atomic E-state index is 10.2. The number of rotatable bonds is 10. The van der Waals surface area contributed by atoms with E-state index in [4.69, 9.17) is 4.74 Å². The minimum atomic E-state index is -0.811. The lowest BCUT2D eigenvalue weighted by atomic mass is 9.96. The molecule has 3 aromatic carbocycles. The molecule has 0 amide bonds. The van der Waals surface area contributed by atoms with Crippen molar-refractivity contribution in [2.24, 2.45) is 0 Å². The van der Waals surface area contributed by atoms with Crippen molar-refractivity contribution in [3.05, 3.63) is 112 Å². The maximum atomic E-state index is 10.2. The number of ether oxygens (including phenoxy) is 1. The van der Waals surface area contributed by atoms with Gasteiger partial charge in [0.1, 0.15) is 19.0 Å². The average molecular weight is 448 g/mol. The molecule has 0 radical (unpaired) electrons. The molecule has 0 aromatic heterocycles. The summed E-state index contributed by atoms with van der Waals surface area (Å²) < 4.78 is 5.48.